The third kappa shape index (κ3) is 3.95. The van der Waals surface area contributed by atoms with Crippen LogP contribution in [0.2, 0.25) is 0 Å². The number of methoxy groups -OCH3 is 1. The number of carbonyl (C=O) groups excluding carboxylic acids is 1. The first-order chi connectivity index (χ1) is 14.3. The van der Waals surface area contributed by atoms with E-state index >= 15 is 0 Å². The molecule has 4 rings (SSSR count). The van der Waals surface area contributed by atoms with Crippen molar-refractivity contribution in [2.45, 2.75) is 17.0 Å². The SMILES string of the molecule is CO[C@@H]1[C@@H](OC(=O)c2ccccc2)CSSC1(c1ccccc1)c1ccccc1. The van der Waals surface area contributed by atoms with Crippen LogP contribution in [-0.2, 0) is 14.2 Å². The van der Waals surface area contributed by atoms with Gasteiger partial charge in [0.25, 0.3) is 0 Å². The molecule has 0 amide bonds. The van der Waals surface area contributed by atoms with Gasteiger partial charge in [-0.3, -0.25) is 0 Å². The molecule has 0 aliphatic carbocycles. The summed E-state index contributed by atoms with van der Waals surface area (Å²) in [6, 6.07) is 29.8. The molecule has 29 heavy (non-hydrogen) atoms. The summed E-state index contributed by atoms with van der Waals surface area (Å²) in [5, 5.41) is 0. The van der Waals surface area contributed by atoms with E-state index < -0.39 is 4.75 Å². The van der Waals surface area contributed by atoms with Gasteiger partial charge < -0.3 is 9.47 Å². The highest BCUT2D eigenvalue weighted by Gasteiger charge is 2.51. The summed E-state index contributed by atoms with van der Waals surface area (Å²) in [4.78, 5) is 12.8. The van der Waals surface area contributed by atoms with Crippen LogP contribution in [0.1, 0.15) is 21.5 Å². The fourth-order valence-electron chi connectivity index (χ4n) is 3.75. The maximum atomic E-state index is 12.8. The minimum absolute atomic E-state index is 0.319. The Labute approximate surface area is 179 Å². The van der Waals surface area contributed by atoms with E-state index in [2.05, 4.69) is 24.3 Å². The van der Waals surface area contributed by atoms with E-state index in [9.17, 15) is 4.79 Å². The molecule has 0 N–H and O–H groups in total. The molecular formula is C24H22O3S2. The predicted molar refractivity (Wildman–Crippen MR) is 120 cm³/mol. The van der Waals surface area contributed by atoms with Crippen molar-refractivity contribution in [2.24, 2.45) is 0 Å². The third-order valence-corrected chi connectivity index (χ3v) is 8.19. The highest BCUT2D eigenvalue weighted by molar-refractivity contribution is 8.77. The van der Waals surface area contributed by atoms with Crippen LogP contribution in [0.5, 0.6) is 0 Å². The lowest BCUT2D eigenvalue weighted by molar-refractivity contribution is -0.0383. The van der Waals surface area contributed by atoms with Crippen LogP contribution in [0.4, 0.5) is 0 Å². The van der Waals surface area contributed by atoms with Crippen LogP contribution in [0, 0.1) is 0 Å². The van der Waals surface area contributed by atoms with Crippen molar-refractivity contribution in [2.75, 3.05) is 12.9 Å². The molecule has 3 nitrogen and oxygen atoms in total. The van der Waals surface area contributed by atoms with Crippen LogP contribution < -0.4 is 0 Å². The Hall–Kier alpha value is -2.21. The molecule has 148 valence electrons. The zero-order chi connectivity index (χ0) is 20.1. The normalized spacial score (nSPS) is 20.7. The fourth-order valence-corrected chi connectivity index (χ4v) is 7.21. The number of benzene rings is 3. The third-order valence-electron chi connectivity index (χ3n) is 5.09. The molecule has 0 radical (unpaired) electrons. The average Bonchev–Trinajstić information content (AvgIpc) is 2.80. The van der Waals surface area contributed by atoms with Crippen molar-refractivity contribution in [1.82, 2.24) is 0 Å². The molecule has 0 bridgehead atoms. The zero-order valence-electron chi connectivity index (χ0n) is 16.1. The first-order valence-electron chi connectivity index (χ1n) is 9.46. The molecule has 0 unspecified atom stereocenters. The van der Waals surface area contributed by atoms with E-state index in [1.54, 1.807) is 40.8 Å². The van der Waals surface area contributed by atoms with E-state index in [0.29, 0.717) is 11.3 Å². The van der Waals surface area contributed by atoms with Crippen molar-refractivity contribution in [3.05, 3.63) is 108 Å². The molecule has 3 aromatic rings. The van der Waals surface area contributed by atoms with Gasteiger partial charge in [-0.25, -0.2) is 4.79 Å². The molecule has 1 saturated heterocycles. The summed E-state index contributed by atoms with van der Waals surface area (Å²) in [7, 11) is 5.19. The standard InChI is InChI=1S/C24H22O3S2/c1-26-22-21(27-23(25)18-11-5-2-6-12-18)17-28-29-24(22,19-13-7-3-8-14-19)20-15-9-4-10-16-20/h2-16,21-22H,17H2,1H3/t21-,22+/m0/s1. The fraction of sp³-hybridized carbons (Fsp3) is 0.208. The Kier molecular flexibility index (Phi) is 6.28. The van der Waals surface area contributed by atoms with Gasteiger partial charge in [0.05, 0.1) is 5.56 Å². The van der Waals surface area contributed by atoms with Gasteiger partial charge in [0.2, 0.25) is 0 Å². The second kappa shape index (κ2) is 9.08. The van der Waals surface area contributed by atoms with Crippen molar-refractivity contribution in [3.8, 4) is 0 Å². The lowest BCUT2D eigenvalue weighted by Crippen LogP contribution is -2.51. The number of ether oxygens (including phenoxy) is 2. The summed E-state index contributed by atoms with van der Waals surface area (Å²) >= 11 is 0. The smallest absolute Gasteiger partial charge is 0.338 e. The van der Waals surface area contributed by atoms with Gasteiger partial charge in [-0.2, -0.15) is 0 Å². The quantitative estimate of drug-likeness (QED) is 0.397. The van der Waals surface area contributed by atoms with E-state index in [4.69, 9.17) is 9.47 Å². The van der Waals surface area contributed by atoms with Crippen LogP contribution in [0.3, 0.4) is 0 Å². The predicted octanol–water partition coefficient (Wildman–Crippen LogP) is 5.57. The molecule has 1 aliphatic heterocycles. The van der Waals surface area contributed by atoms with E-state index in [1.165, 1.54) is 0 Å². The lowest BCUT2D eigenvalue weighted by atomic mass is 9.83. The zero-order valence-corrected chi connectivity index (χ0v) is 17.7. The van der Waals surface area contributed by atoms with Gasteiger partial charge in [-0.1, -0.05) is 100 Å². The molecule has 2 atom stereocenters. The van der Waals surface area contributed by atoms with Gasteiger partial charge in [0.1, 0.15) is 17.0 Å². The van der Waals surface area contributed by atoms with Gasteiger partial charge in [0.15, 0.2) is 0 Å². The minimum Gasteiger partial charge on any atom is -0.455 e. The number of hydrogen-bond donors (Lipinski definition) is 0. The summed E-state index contributed by atoms with van der Waals surface area (Å²) in [6.07, 6.45) is -0.703. The second-order valence-corrected chi connectivity index (χ2v) is 9.39. The second-order valence-electron chi connectivity index (χ2n) is 6.80. The van der Waals surface area contributed by atoms with Gasteiger partial charge >= 0.3 is 5.97 Å². The van der Waals surface area contributed by atoms with Crippen molar-refractivity contribution in [1.29, 1.82) is 0 Å². The van der Waals surface area contributed by atoms with Crippen LogP contribution >= 0.6 is 21.6 Å². The van der Waals surface area contributed by atoms with Crippen molar-refractivity contribution < 1.29 is 14.3 Å². The van der Waals surface area contributed by atoms with Crippen molar-refractivity contribution >= 4 is 27.6 Å². The largest absolute Gasteiger partial charge is 0.455 e. The molecule has 1 fully saturated rings. The molecule has 0 aromatic heterocycles. The molecule has 0 saturated carbocycles. The average molecular weight is 423 g/mol. The summed E-state index contributed by atoms with van der Waals surface area (Å²) in [6.45, 7) is 0. The molecule has 0 spiro atoms. The molecule has 1 aliphatic rings. The molecule has 1 heterocycles. The van der Waals surface area contributed by atoms with Gasteiger partial charge in [-0.15, -0.1) is 0 Å². The Bertz CT molecular complexity index is 893. The van der Waals surface area contributed by atoms with Crippen molar-refractivity contribution in [3.63, 3.8) is 0 Å². The number of esters is 1. The van der Waals surface area contributed by atoms with Crippen LogP contribution in [-0.4, -0.2) is 31.0 Å². The Morgan fingerprint density at radius 2 is 1.38 bits per heavy atom. The van der Waals surface area contributed by atoms with E-state index in [-0.39, 0.29) is 18.2 Å². The first kappa shape index (κ1) is 20.1. The summed E-state index contributed by atoms with van der Waals surface area (Å²) in [5.41, 5.74) is 2.82. The Morgan fingerprint density at radius 3 is 1.90 bits per heavy atom. The van der Waals surface area contributed by atoms with Gasteiger partial charge in [-0.05, 0) is 23.3 Å². The number of rotatable bonds is 5. The Morgan fingerprint density at radius 1 is 0.862 bits per heavy atom. The highest BCUT2D eigenvalue weighted by Crippen LogP contribution is 2.56. The molecule has 5 heteroatoms. The first-order valence-corrected chi connectivity index (χ1v) is 11.8. The van der Waals surface area contributed by atoms with Crippen LogP contribution in [0.15, 0.2) is 91.0 Å². The number of carbonyl (C=O) groups is 1. The monoisotopic (exact) mass is 422 g/mol. The topological polar surface area (TPSA) is 35.5 Å². The lowest BCUT2D eigenvalue weighted by Gasteiger charge is -2.46. The van der Waals surface area contributed by atoms with E-state index in [1.807, 2.05) is 54.6 Å². The molecular weight excluding hydrogens is 400 g/mol. The van der Waals surface area contributed by atoms with E-state index in [0.717, 1.165) is 11.1 Å². The van der Waals surface area contributed by atoms with Gasteiger partial charge in [0, 0.05) is 12.9 Å². The minimum atomic E-state index is -0.484. The maximum absolute atomic E-state index is 12.8. The molecule has 3 aromatic carbocycles. The van der Waals surface area contributed by atoms with Crippen LogP contribution in [0.25, 0.3) is 0 Å². The Balaban J connectivity index is 1.74. The maximum Gasteiger partial charge on any atom is 0.338 e. The highest BCUT2D eigenvalue weighted by atomic mass is 33.1. The summed E-state index contributed by atoms with van der Waals surface area (Å²) in [5.74, 6) is 0.351. The number of hydrogen-bond acceptors (Lipinski definition) is 5. The summed E-state index contributed by atoms with van der Waals surface area (Å²) < 4.78 is 11.6.